The Morgan fingerprint density at radius 1 is 1.14 bits per heavy atom. The quantitative estimate of drug-likeness (QED) is 0.671. The fourth-order valence-electron chi connectivity index (χ4n) is 3.84. The van der Waals surface area contributed by atoms with Gasteiger partial charge in [-0.15, -0.1) is 0 Å². The minimum absolute atomic E-state index is 0.0479. The Balaban J connectivity index is 1.58. The molecule has 2 aliphatic rings. The number of carbonyl (C=O) groups is 3. The first-order valence-electron chi connectivity index (χ1n) is 9.63. The van der Waals surface area contributed by atoms with Crippen LogP contribution in [0.5, 0.6) is 0 Å². The van der Waals surface area contributed by atoms with Crippen LogP contribution in [0.1, 0.15) is 30.9 Å². The van der Waals surface area contributed by atoms with Crippen molar-refractivity contribution in [2.24, 2.45) is 0 Å². The van der Waals surface area contributed by atoms with Gasteiger partial charge in [0, 0.05) is 57.1 Å². The maximum absolute atomic E-state index is 12.5. The van der Waals surface area contributed by atoms with Gasteiger partial charge >= 0.3 is 5.97 Å². The van der Waals surface area contributed by atoms with E-state index in [1.807, 2.05) is 23.1 Å². The lowest BCUT2D eigenvalue weighted by Crippen LogP contribution is -2.51. The number of carbonyl (C=O) groups excluding carboxylic acids is 3. The molecule has 2 amide bonds. The van der Waals surface area contributed by atoms with E-state index in [4.69, 9.17) is 16.3 Å². The Morgan fingerprint density at radius 2 is 1.86 bits per heavy atom. The second-order valence-corrected chi connectivity index (χ2v) is 7.51. The number of ether oxygens (including phenoxy) is 1. The summed E-state index contributed by atoms with van der Waals surface area (Å²) in [4.78, 5) is 42.2. The lowest BCUT2D eigenvalue weighted by molar-refractivity contribution is -0.148. The van der Waals surface area contributed by atoms with E-state index in [1.54, 1.807) is 15.9 Å². The molecule has 1 atom stereocenters. The molecule has 8 heteroatoms. The maximum atomic E-state index is 12.5. The van der Waals surface area contributed by atoms with E-state index in [0.29, 0.717) is 56.2 Å². The molecule has 7 nitrogen and oxygen atoms in total. The molecule has 2 heterocycles. The number of hydrogen-bond donors (Lipinski definition) is 0. The Labute approximate surface area is 170 Å². The molecule has 1 aromatic rings. The minimum Gasteiger partial charge on any atom is -0.468 e. The molecular formula is C20H26ClN3O4. The van der Waals surface area contributed by atoms with E-state index in [2.05, 4.69) is 0 Å². The summed E-state index contributed by atoms with van der Waals surface area (Å²) in [5.74, 6) is -0.176. The zero-order chi connectivity index (χ0) is 20.1. The highest BCUT2D eigenvalue weighted by Crippen LogP contribution is 2.29. The third-order valence-corrected chi connectivity index (χ3v) is 5.77. The van der Waals surface area contributed by atoms with Gasteiger partial charge in [0.25, 0.3) is 0 Å². The van der Waals surface area contributed by atoms with Crippen molar-refractivity contribution >= 4 is 29.4 Å². The van der Waals surface area contributed by atoms with Gasteiger partial charge in [-0.2, -0.15) is 0 Å². The summed E-state index contributed by atoms with van der Waals surface area (Å²) < 4.78 is 5.00. The van der Waals surface area contributed by atoms with Gasteiger partial charge in [0.15, 0.2) is 0 Å². The lowest BCUT2D eigenvalue weighted by atomic mass is 10.0. The van der Waals surface area contributed by atoms with Crippen molar-refractivity contribution in [3.8, 4) is 0 Å². The van der Waals surface area contributed by atoms with Crippen molar-refractivity contribution < 1.29 is 19.1 Å². The highest BCUT2D eigenvalue weighted by molar-refractivity contribution is 6.31. The van der Waals surface area contributed by atoms with Crippen molar-refractivity contribution in [2.75, 3.05) is 46.4 Å². The largest absolute Gasteiger partial charge is 0.468 e. The number of hydrogen-bond acceptors (Lipinski definition) is 5. The molecule has 2 fully saturated rings. The molecule has 28 heavy (non-hydrogen) atoms. The molecule has 1 unspecified atom stereocenters. The average molecular weight is 408 g/mol. The SMILES string of the molecule is COC(=O)C(c1ccccc1Cl)N1CCN(C(=O)CCN2CCCC2=O)CC1. The Morgan fingerprint density at radius 3 is 2.46 bits per heavy atom. The molecule has 0 saturated carbocycles. The summed E-state index contributed by atoms with van der Waals surface area (Å²) >= 11 is 6.30. The van der Waals surface area contributed by atoms with Crippen LogP contribution < -0.4 is 0 Å². The lowest BCUT2D eigenvalue weighted by Gasteiger charge is -2.38. The van der Waals surface area contributed by atoms with E-state index in [0.717, 1.165) is 13.0 Å². The molecule has 2 saturated heterocycles. The molecule has 0 aliphatic carbocycles. The van der Waals surface area contributed by atoms with Gasteiger partial charge in [0.05, 0.1) is 7.11 Å². The second kappa shape index (κ2) is 9.39. The number of likely N-dealkylation sites (tertiary alicyclic amines) is 1. The Hall–Kier alpha value is -2.12. The third-order valence-electron chi connectivity index (χ3n) is 5.42. The number of halogens is 1. The van der Waals surface area contributed by atoms with Crippen LogP contribution in [0.3, 0.4) is 0 Å². The smallest absolute Gasteiger partial charge is 0.327 e. The number of piperazine rings is 1. The average Bonchev–Trinajstić information content (AvgIpc) is 3.13. The zero-order valence-corrected chi connectivity index (χ0v) is 16.9. The number of nitrogens with zero attached hydrogens (tertiary/aromatic N) is 3. The molecule has 1 aromatic carbocycles. The first-order valence-corrected chi connectivity index (χ1v) is 10.0. The maximum Gasteiger partial charge on any atom is 0.327 e. The second-order valence-electron chi connectivity index (χ2n) is 7.10. The standard InChI is InChI=1S/C20H26ClN3O4/c1-28-20(27)19(15-5-2-3-6-16(15)21)24-13-11-23(12-14-24)18(26)8-10-22-9-4-7-17(22)25/h2-3,5-6,19H,4,7-14H2,1H3. The summed E-state index contributed by atoms with van der Waals surface area (Å²) in [6.45, 7) is 3.41. The summed E-state index contributed by atoms with van der Waals surface area (Å²) in [6.07, 6.45) is 1.81. The van der Waals surface area contributed by atoms with Gasteiger partial charge in [-0.25, -0.2) is 4.79 Å². The Kier molecular flexibility index (Phi) is 6.91. The first-order chi connectivity index (χ1) is 13.5. The number of esters is 1. The predicted molar refractivity (Wildman–Crippen MR) is 105 cm³/mol. The topological polar surface area (TPSA) is 70.2 Å². The summed E-state index contributed by atoms with van der Waals surface area (Å²) in [6, 6.07) is 6.66. The molecule has 0 radical (unpaired) electrons. The van der Waals surface area contributed by atoms with Gasteiger partial charge < -0.3 is 14.5 Å². The Bertz CT molecular complexity index is 734. The molecule has 0 bridgehead atoms. The van der Waals surface area contributed by atoms with Gasteiger partial charge in [-0.05, 0) is 18.1 Å². The van der Waals surface area contributed by atoms with E-state index < -0.39 is 6.04 Å². The summed E-state index contributed by atoms with van der Waals surface area (Å²) in [7, 11) is 1.37. The fourth-order valence-corrected chi connectivity index (χ4v) is 4.08. The van der Waals surface area contributed by atoms with Gasteiger partial charge in [0.2, 0.25) is 11.8 Å². The number of rotatable bonds is 6. The van der Waals surface area contributed by atoms with Crippen LogP contribution >= 0.6 is 11.6 Å². The molecule has 152 valence electrons. The van der Waals surface area contributed by atoms with Crippen LogP contribution in [-0.4, -0.2) is 78.9 Å². The molecule has 0 N–H and O–H groups in total. The molecule has 2 aliphatic heterocycles. The van der Waals surface area contributed by atoms with Gasteiger partial charge in [-0.3, -0.25) is 14.5 Å². The van der Waals surface area contributed by atoms with Crippen LogP contribution in [0.4, 0.5) is 0 Å². The molecular weight excluding hydrogens is 382 g/mol. The fraction of sp³-hybridized carbons (Fsp3) is 0.550. The summed E-state index contributed by atoms with van der Waals surface area (Å²) in [5, 5.41) is 0.520. The first kappa shape index (κ1) is 20.6. The van der Waals surface area contributed by atoms with E-state index in [-0.39, 0.29) is 17.8 Å². The highest BCUT2D eigenvalue weighted by atomic mass is 35.5. The highest BCUT2D eigenvalue weighted by Gasteiger charge is 2.33. The van der Waals surface area contributed by atoms with E-state index >= 15 is 0 Å². The van der Waals surface area contributed by atoms with Crippen LogP contribution in [0.2, 0.25) is 5.02 Å². The summed E-state index contributed by atoms with van der Waals surface area (Å²) in [5.41, 5.74) is 0.711. The van der Waals surface area contributed by atoms with Crippen LogP contribution in [0.15, 0.2) is 24.3 Å². The number of amides is 2. The minimum atomic E-state index is -0.585. The van der Waals surface area contributed by atoms with E-state index in [1.165, 1.54) is 7.11 Å². The van der Waals surface area contributed by atoms with Crippen molar-refractivity contribution in [1.29, 1.82) is 0 Å². The van der Waals surface area contributed by atoms with Gasteiger partial charge in [-0.1, -0.05) is 29.8 Å². The van der Waals surface area contributed by atoms with Crippen LogP contribution in [-0.2, 0) is 19.1 Å². The molecule has 0 aromatic heterocycles. The number of methoxy groups -OCH3 is 1. The van der Waals surface area contributed by atoms with Gasteiger partial charge in [0.1, 0.15) is 6.04 Å². The van der Waals surface area contributed by atoms with Crippen LogP contribution in [0.25, 0.3) is 0 Å². The van der Waals surface area contributed by atoms with Crippen molar-refractivity contribution in [2.45, 2.75) is 25.3 Å². The molecule has 3 rings (SSSR count). The predicted octanol–water partition coefficient (Wildman–Crippen LogP) is 1.71. The van der Waals surface area contributed by atoms with Crippen LogP contribution in [0, 0.1) is 0 Å². The monoisotopic (exact) mass is 407 g/mol. The third kappa shape index (κ3) is 4.64. The van der Waals surface area contributed by atoms with Crippen molar-refractivity contribution in [1.82, 2.24) is 14.7 Å². The number of benzene rings is 1. The zero-order valence-electron chi connectivity index (χ0n) is 16.1. The molecule has 0 spiro atoms. The van der Waals surface area contributed by atoms with Crippen molar-refractivity contribution in [3.05, 3.63) is 34.9 Å². The van der Waals surface area contributed by atoms with Crippen molar-refractivity contribution in [3.63, 3.8) is 0 Å². The normalized spacial score (nSPS) is 19.0. The van der Waals surface area contributed by atoms with E-state index in [9.17, 15) is 14.4 Å².